The first-order chi connectivity index (χ1) is 24.6. The third kappa shape index (κ3) is 7.95. The van der Waals surface area contributed by atoms with E-state index in [2.05, 4.69) is 30.6 Å². The number of esters is 1. The third-order valence-corrected chi connectivity index (χ3v) is 7.94. The second kappa shape index (κ2) is 15.3. The SMILES string of the molecule is COc1cc2ncnc(Nc3ccc(F)c(Cl)c3F)c2cc1O.COc1cc2ncnc(Nc3ccc(F)c(Cl)c3F)c2cc1OC(=O)C(C)(C)C. The topological polar surface area (TPSA) is 141 Å². The molecule has 0 amide bonds. The molecule has 270 valence electrons. The number of aromatic hydroxyl groups is 1. The van der Waals surface area contributed by atoms with Gasteiger partial charge in [0.25, 0.3) is 0 Å². The van der Waals surface area contributed by atoms with Crippen molar-refractivity contribution in [1.29, 1.82) is 0 Å². The summed E-state index contributed by atoms with van der Waals surface area (Å²) < 4.78 is 70.7. The largest absolute Gasteiger partial charge is 0.504 e. The molecule has 0 saturated heterocycles. The van der Waals surface area contributed by atoms with Gasteiger partial charge in [-0.25, -0.2) is 37.5 Å². The van der Waals surface area contributed by atoms with Crippen molar-refractivity contribution in [2.24, 2.45) is 5.41 Å². The van der Waals surface area contributed by atoms with Crippen molar-refractivity contribution in [3.05, 3.63) is 94.5 Å². The number of nitrogens with zero attached hydrogens (tertiary/aromatic N) is 4. The number of rotatable bonds is 7. The maximum absolute atomic E-state index is 14.3. The lowest BCUT2D eigenvalue weighted by molar-refractivity contribution is -0.143. The van der Waals surface area contributed by atoms with Crippen molar-refractivity contribution in [3.63, 3.8) is 0 Å². The monoisotopic (exact) mass is 758 g/mol. The number of phenols is 1. The number of carbonyl (C=O) groups is 1. The van der Waals surface area contributed by atoms with E-state index in [1.54, 1.807) is 26.8 Å². The lowest BCUT2D eigenvalue weighted by atomic mass is 9.97. The highest BCUT2D eigenvalue weighted by atomic mass is 35.5. The molecule has 11 nitrogen and oxygen atoms in total. The fourth-order valence-corrected chi connectivity index (χ4v) is 4.82. The molecule has 0 spiro atoms. The minimum atomic E-state index is -0.952. The number of halogens is 6. The standard InChI is InChI=1S/C20H18ClF2N3O3.C15H10ClF2N3O2/c1-20(2,3)19(27)29-15-7-10-13(8-14(15)28-4)24-9-25-18(10)26-12-6-5-11(22)16(21)17(12)23;1-23-12-5-10-7(4-11(12)22)15(20-6-19-10)21-9-3-2-8(17)13(16)14(9)18/h5-9H,1-4H3,(H,24,25,26);2-6,22H,1H3,(H,19,20,21). The molecule has 0 aliphatic carbocycles. The summed E-state index contributed by atoms with van der Waals surface area (Å²) in [6, 6.07) is 10.5. The number of ether oxygens (including phenoxy) is 3. The zero-order valence-corrected chi connectivity index (χ0v) is 29.4. The molecule has 0 bridgehead atoms. The maximum Gasteiger partial charge on any atom is 0.316 e. The maximum atomic E-state index is 14.3. The number of fused-ring (bicyclic) bond motifs is 2. The Bertz CT molecular complexity index is 2330. The third-order valence-electron chi connectivity index (χ3n) is 7.25. The Balaban J connectivity index is 0.000000206. The van der Waals surface area contributed by atoms with Crippen LogP contribution in [0.15, 0.2) is 61.2 Å². The van der Waals surface area contributed by atoms with Gasteiger partial charge in [-0.3, -0.25) is 4.79 Å². The van der Waals surface area contributed by atoms with Crippen molar-refractivity contribution in [2.45, 2.75) is 20.8 Å². The van der Waals surface area contributed by atoms with Crippen molar-refractivity contribution in [3.8, 4) is 23.0 Å². The summed E-state index contributed by atoms with van der Waals surface area (Å²) in [5, 5.41) is 15.0. The molecular weight excluding hydrogens is 731 g/mol. The lowest BCUT2D eigenvalue weighted by Crippen LogP contribution is -2.25. The van der Waals surface area contributed by atoms with Gasteiger partial charge < -0.3 is 30.0 Å². The second-order valence-electron chi connectivity index (χ2n) is 11.8. The van der Waals surface area contributed by atoms with Crippen LogP contribution in [0.4, 0.5) is 40.6 Å². The number of carbonyl (C=O) groups excluding carboxylic acids is 1. The van der Waals surface area contributed by atoms with E-state index in [9.17, 15) is 27.5 Å². The number of aromatic nitrogens is 4. The van der Waals surface area contributed by atoms with E-state index in [1.807, 2.05) is 0 Å². The van der Waals surface area contributed by atoms with Gasteiger partial charge in [-0.2, -0.15) is 0 Å². The molecule has 0 aliphatic heterocycles. The molecule has 0 unspecified atom stereocenters. The predicted molar refractivity (Wildman–Crippen MR) is 188 cm³/mol. The number of benzene rings is 4. The highest BCUT2D eigenvalue weighted by Gasteiger charge is 2.26. The van der Waals surface area contributed by atoms with Crippen molar-refractivity contribution in [1.82, 2.24) is 19.9 Å². The summed E-state index contributed by atoms with van der Waals surface area (Å²) in [4.78, 5) is 28.7. The molecule has 6 rings (SSSR count). The van der Waals surface area contributed by atoms with Crippen LogP contribution in [0.1, 0.15) is 20.8 Å². The molecule has 2 heterocycles. The van der Waals surface area contributed by atoms with Crippen LogP contribution in [0, 0.1) is 28.7 Å². The molecular formula is C35H28Cl2F4N6O5. The van der Waals surface area contributed by atoms with E-state index >= 15 is 0 Å². The predicted octanol–water partition coefficient (Wildman–Crippen LogP) is 9.28. The van der Waals surface area contributed by atoms with Crippen LogP contribution in [-0.4, -0.2) is 45.2 Å². The van der Waals surface area contributed by atoms with Gasteiger partial charge in [-0.15, -0.1) is 0 Å². The zero-order valence-electron chi connectivity index (χ0n) is 27.9. The summed E-state index contributed by atoms with van der Waals surface area (Å²) in [5.41, 5.74) is 0.0869. The van der Waals surface area contributed by atoms with E-state index in [0.717, 1.165) is 12.1 Å². The summed E-state index contributed by atoms with van der Waals surface area (Å²) in [6.45, 7) is 5.17. The Hall–Kier alpha value is -5.67. The number of anilines is 4. The minimum Gasteiger partial charge on any atom is -0.504 e. The van der Waals surface area contributed by atoms with Gasteiger partial charge in [0, 0.05) is 22.9 Å². The number of methoxy groups -OCH3 is 2. The van der Waals surface area contributed by atoms with E-state index < -0.39 is 44.7 Å². The fourth-order valence-electron chi connectivity index (χ4n) is 4.49. The first kappa shape index (κ1) is 37.6. The molecule has 17 heteroatoms. The molecule has 0 fully saturated rings. The molecule has 0 radical (unpaired) electrons. The Morgan fingerprint density at radius 2 is 1.15 bits per heavy atom. The van der Waals surface area contributed by atoms with Gasteiger partial charge >= 0.3 is 5.97 Å². The van der Waals surface area contributed by atoms with Gasteiger partial charge in [0.05, 0.1) is 42.0 Å². The molecule has 0 saturated carbocycles. The Kier molecular flexibility index (Phi) is 11.1. The molecule has 0 atom stereocenters. The smallest absolute Gasteiger partial charge is 0.316 e. The molecule has 52 heavy (non-hydrogen) atoms. The molecule has 0 aliphatic rings. The molecule has 6 aromatic rings. The van der Waals surface area contributed by atoms with E-state index in [4.69, 9.17) is 37.4 Å². The van der Waals surface area contributed by atoms with Crippen molar-refractivity contribution >= 4 is 74.0 Å². The molecule has 3 N–H and O–H groups in total. The van der Waals surface area contributed by atoms with Crippen LogP contribution in [0.3, 0.4) is 0 Å². The summed E-state index contributed by atoms with van der Waals surface area (Å²) in [6.07, 6.45) is 2.54. The summed E-state index contributed by atoms with van der Waals surface area (Å²) >= 11 is 11.2. The Labute approximate surface area is 303 Å². The van der Waals surface area contributed by atoms with Gasteiger partial charge in [-0.1, -0.05) is 23.2 Å². The number of phenolic OH excluding ortho intramolecular Hbond substituents is 1. The van der Waals surface area contributed by atoms with Crippen LogP contribution in [0.25, 0.3) is 21.8 Å². The van der Waals surface area contributed by atoms with Crippen LogP contribution >= 0.6 is 23.2 Å². The number of hydrogen-bond donors (Lipinski definition) is 3. The van der Waals surface area contributed by atoms with Gasteiger partial charge in [0.15, 0.2) is 34.6 Å². The first-order valence-electron chi connectivity index (χ1n) is 15.0. The lowest BCUT2D eigenvalue weighted by Gasteiger charge is -2.18. The van der Waals surface area contributed by atoms with Gasteiger partial charge in [0.1, 0.15) is 46.0 Å². The Morgan fingerprint density at radius 3 is 1.62 bits per heavy atom. The highest BCUT2D eigenvalue weighted by Crippen LogP contribution is 2.38. The van der Waals surface area contributed by atoms with E-state index in [1.165, 1.54) is 57.2 Å². The zero-order chi connectivity index (χ0) is 37.9. The highest BCUT2D eigenvalue weighted by molar-refractivity contribution is 6.31. The van der Waals surface area contributed by atoms with E-state index in [-0.39, 0.29) is 40.3 Å². The number of nitrogens with one attached hydrogen (secondary N) is 2. The normalized spacial score (nSPS) is 11.1. The van der Waals surface area contributed by atoms with Crippen molar-refractivity contribution in [2.75, 3.05) is 24.9 Å². The van der Waals surface area contributed by atoms with Crippen molar-refractivity contribution < 1.29 is 41.7 Å². The minimum absolute atomic E-state index is 0.0493. The summed E-state index contributed by atoms with van der Waals surface area (Å²) in [5.74, 6) is -3.03. The second-order valence-corrected chi connectivity index (χ2v) is 12.6. The Morgan fingerprint density at radius 1 is 0.692 bits per heavy atom. The van der Waals surface area contributed by atoms with Gasteiger partial charge in [-0.05, 0) is 57.2 Å². The fraction of sp³-hybridized carbons (Fsp3) is 0.171. The molecule has 4 aromatic carbocycles. The summed E-state index contributed by atoms with van der Waals surface area (Å²) in [7, 11) is 2.85. The average Bonchev–Trinajstić information content (AvgIpc) is 3.11. The van der Waals surface area contributed by atoms with Crippen LogP contribution < -0.4 is 24.8 Å². The van der Waals surface area contributed by atoms with Crippen LogP contribution in [0.5, 0.6) is 23.0 Å². The van der Waals surface area contributed by atoms with Gasteiger partial charge in [0.2, 0.25) is 0 Å². The van der Waals surface area contributed by atoms with Crippen LogP contribution in [-0.2, 0) is 4.79 Å². The average molecular weight is 760 g/mol. The first-order valence-corrected chi connectivity index (χ1v) is 15.8. The van der Waals surface area contributed by atoms with E-state index in [0.29, 0.717) is 27.6 Å². The van der Waals surface area contributed by atoms with Crippen LogP contribution in [0.2, 0.25) is 10.0 Å². The molecule has 2 aromatic heterocycles. The quantitative estimate of drug-likeness (QED) is 0.0621. The number of hydrogen-bond acceptors (Lipinski definition) is 11.